The van der Waals surface area contributed by atoms with Crippen molar-refractivity contribution in [1.82, 2.24) is 0 Å². The van der Waals surface area contributed by atoms with Gasteiger partial charge < -0.3 is 9.84 Å². The average molecular weight is 270 g/mol. The summed E-state index contributed by atoms with van der Waals surface area (Å²) in [6, 6.07) is 16.0. The molecule has 0 bridgehead atoms. The lowest BCUT2D eigenvalue weighted by Gasteiger charge is -2.29. The number of benzene rings is 2. The topological polar surface area (TPSA) is 29.5 Å². The summed E-state index contributed by atoms with van der Waals surface area (Å²) in [5, 5.41) is 11.0. The molecule has 1 N–H and O–H groups in total. The lowest BCUT2D eigenvalue weighted by Crippen LogP contribution is -2.28. The van der Waals surface area contributed by atoms with Crippen LogP contribution in [-0.4, -0.2) is 12.2 Å². The van der Waals surface area contributed by atoms with Crippen LogP contribution in [0.1, 0.15) is 30.0 Å². The third-order valence-corrected chi connectivity index (χ3v) is 3.86. The van der Waals surface area contributed by atoms with Gasteiger partial charge in [-0.2, -0.15) is 0 Å². The minimum Gasteiger partial charge on any atom is -0.497 e. The van der Waals surface area contributed by atoms with Crippen molar-refractivity contribution in [1.29, 1.82) is 0 Å². The number of aliphatic hydroxyl groups is 1. The van der Waals surface area contributed by atoms with E-state index in [1.165, 1.54) is 0 Å². The molecule has 2 nitrogen and oxygen atoms in total. The van der Waals surface area contributed by atoms with Gasteiger partial charge >= 0.3 is 0 Å². The van der Waals surface area contributed by atoms with E-state index in [0.29, 0.717) is 12.8 Å². The third-order valence-electron chi connectivity index (χ3n) is 3.86. The second-order valence-corrected chi connectivity index (χ2v) is 5.23. The third kappa shape index (κ3) is 3.02. The highest BCUT2D eigenvalue weighted by Crippen LogP contribution is 2.33. The highest BCUT2D eigenvalue weighted by molar-refractivity contribution is 5.39. The summed E-state index contributed by atoms with van der Waals surface area (Å²) in [4.78, 5) is 0. The van der Waals surface area contributed by atoms with Crippen LogP contribution in [0.2, 0.25) is 0 Å². The Labute approximate surface area is 121 Å². The Balaban J connectivity index is 2.35. The Morgan fingerprint density at radius 2 is 1.80 bits per heavy atom. The lowest BCUT2D eigenvalue weighted by molar-refractivity contribution is 0.0321. The average Bonchev–Trinajstić information content (AvgIpc) is 2.47. The molecule has 0 spiro atoms. The van der Waals surface area contributed by atoms with Crippen LogP contribution >= 0.6 is 0 Å². The molecule has 106 valence electrons. The standard InChI is InChI=1S/C18H22O2/c1-4-18(19,13-15-8-6-5-7-9-15)17-11-10-16(20-3)12-14(17)2/h5-12,19H,4,13H2,1-3H3. The fraction of sp³-hybridized carbons (Fsp3) is 0.333. The molecule has 1 atom stereocenters. The van der Waals surface area contributed by atoms with Gasteiger partial charge in [-0.1, -0.05) is 43.3 Å². The van der Waals surface area contributed by atoms with Crippen molar-refractivity contribution in [3.63, 3.8) is 0 Å². The molecule has 0 aliphatic heterocycles. The Morgan fingerprint density at radius 1 is 1.10 bits per heavy atom. The molecule has 0 saturated heterocycles. The van der Waals surface area contributed by atoms with Crippen molar-refractivity contribution in [2.45, 2.75) is 32.3 Å². The summed E-state index contributed by atoms with van der Waals surface area (Å²) in [7, 11) is 1.66. The van der Waals surface area contributed by atoms with E-state index in [1.54, 1.807) is 7.11 Å². The van der Waals surface area contributed by atoms with E-state index in [2.05, 4.69) is 12.1 Å². The van der Waals surface area contributed by atoms with Crippen molar-refractivity contribution in [3.05, 3.63) is 65.2 Å². The van der Waals surface area contributed by atoms with Crippen molar-refractivity contribution < 1.29 is 9.84 Å². The Bertz CT molecular complexity index is 563. The van der Waals surface area contributed by atoms with Crippen LogP contribution in [0, 0.1) is 6.92 Å². The summed E-state index contributed by atoms with van der Waals surface area (Å²) in [6.45, 7) is 4.04. The molecular weight excluding hydrogens is 248 g/mol. The van der Waals surface area contributed by atoms with Crippen LogP contribution in [-0.2, 0) is 12.0 Å². The molecule has 2 rings (SSSR count). The van der Waals surface area contributed by atoms with Gasteiger partial charge in [-0.05, 0) is 42.2 Å². The van der Waals surface area contributed by atoms with Crippen molar-refractivity contribution in [3.8, 4) is 5.75 Å². The number of hydrogen-bond donors (Lipinski definition) is 1. The normalized spacial score (nSPS) is 13.8. The first-order valence-electron chi connectivity index (χ1n) is 7.00. The van der Waals surface area contributed by atoms with E-state index in [0.717, 1.165) is 22.4 Å². The predicted molar refractivity (Wildman–Crippen MR) is 82.1 cm³/mol. The highest BCUT2D eigenvalue weighted by atomic mass is 16.5. The quantitative estimate of drug-likeness (QED) is 0.894. The van der Waals surface area contributed by atoms with Gasteiger partial charge in [-0.3, -0.25) is 0 Å². The molecule has 2 aromatic carbocycles. The highest BCUT2D eigenvalue weighted by Gasteiger charge is 2.29. The van der Waals surface area contributed by atoms with E-state index < -0.39 is 5.60 Å². The Morgan fingerprint density at radius 3 is 2.35 bits per heavy atom. The van der Waals surface area contributed by atoms with Crippen molar-refractivity contribution in [2.24, 2.45) is 0 Å². The molecule has 0 saturated carbocycles. The van der Waals surface area contributed by atoms with Crippen LogP contribution in [0.25, 0.3) is 0 Å². The lowest BCUT2D eigenvalue weighted by atomic mass is 9.83. The van der Waals surface area contributed by atoms with Gasteiger partial charge in [-0.15, -0.1) is 0 Å². The summed E-state index contributed by atoms with van der Waals surface area (Å²) < 4.78 is 5.23. The summed E-state index contributed by atoms with van der Waals surface area (Å²) >= 11 is 0. The van der Waals surface area contributed by atoms with Gasteiger partial charge in [0.15, 0.2) is 0 Å². The van der Waals surface area contributed by atoms with Crippen LogP contribution in [0.4, 0.5) is 0 Å². The molecule has 0 amide bonds. The second kappa shape index (κ2) is 6.10. The predicted octanol–water partition coefficient (Wildman–Crippen LogP) is 3.84. The zero-order chi connectivity index (χ0) is 14.6. The number of aryl methyl sites for hydroxylation is 1. The smallest absolute Gasteiger partial charge is 0.119 e. The SMILES string of the molecule is CCC(O)(Cc1ccccc1)c1ccc(OC)cc1C. The largest absolute Gasteiger partial charge is 0.497 e. The van der Waals surface area contributed by atoms with Crippen molar-refractivity contribution >= 4 is 0 Å². The number of ether oxygens (including phenoxy) is 1. The fourth-order valence-electron chi connectivity index (χ4n) is 2.63. The number of hydrogen-bond acceptors (Lipinski definition) is 2. The minimum atomic E-state index is -0.836. The maximum absolute atomic E-state index is 11.0. The van der Waals surface area contributed by atoms with Gasteiger partial charge in [0.25, 0.3) is 0 Å². The minimum absolute atomic E-state index is 0.623. The molecule has 0 radical (unpaired) electrons. The van der Waals surface area contributed by atoms with E-state index in [1.807, 2.05) is 50.2 Å². The summed E-state index contributed by atoms with van der Waals surface area (Å²) in [5.74, 6) is 0.824. The van der Waals surface area contributed by atoms with Crippen LogP contribution < -0.4 is 4.74 Å². The molecule has 0 aliphatic rings. The molecule has 0 fully saturated rings. The monoisotopic (exact) mass is 270 g/mol. The Kier molecular flexibility index (Phi) is 4.46. The molecule has 2 aromatic rings. The fourth-order valence-corrected chi connectivity index (χ4v) is 2.63. The zero-order valence-corrected chi connectivity index (χ0v) is 12.4. The number of methoxy groups -OCH3 is 1. The first kappa shape index (κ1) is 14.6. The maximum atomic E-state index is 11.0. The zero-order valence-electron chi connectivity index (χ0n) is 12.4. The number of rotatable bonds is 5. The first-order chi connectivity index (χ1) is 9.59. The van der Waals surface area contributed by atoms with Crippen LogP contribution in [0.15, 0.2) is 48.5 Å². The van der Waals surface area contributed by atoms with Gasteiger partial charge in [0.1, 0.15) is 5.75 Å². The van der Waals surface area contributed by atoms with Gasteiger partial charge in [-0.25, -0.2) is 0 Å². The van der Waals surface area contributed by atoms with Crippen LogP contribution in [0.5, 0.6) is 5.75 Å². The molecule has 0 heterocycles. The van der Waals surface area contributed by atoms with Gasteiger partial charge in [0.2, 0.25) is 0 Å². The van der Waals surface area contributed by atoms with E-state index in [4.69, 9.17) is 4.74 Å². The van der Waals surface area contributed by atoms with Crippen molar-refractivity contribution in [2.75, 3.05) is 7.11 Å². The molecule has 1 unspecified atom stereocenters. The molecule has 2 heteroatoms. The molecule has 0 aliphatic carbocycles. The second-order valence-electron chi connectivity index (χ2n) is 5.23. The maximum Gasteiger partial charge on any atom is 0.119 e. The molecular formula is C18H22O2. The molecule has 0 aromatic heterocycles. The molecule has 20 heavy (non-hydrogen) atoms. The van der Waals surface area contributed by atoms with Gasteiger partial charge in [0.05, 0.1) is 12.7 Å². The van der Waals surface area contributed by atoms with E-state index in [9.17, 15) is 5.11 Å². The summed E-state index contributed by atoms with van der Waals surface area (Å²) in [6.07, 6.45) is 1.30. The Hall–Kier alpha value is -1.80. The van der Waals surface area contributed by atoms with E-state index in [-0.39, 0.29) is 0 Å². The van der Waals surface area contributed by atoms with E-state index >= 15 is 0 Å². The van der Waals surface area contributed by atoms with Crippen LogP contribution in [0.3, 0.4) is 0 Å². The van der Waals surface area contributed by atoms with Gasteiger partial charge in [0, 0.05) is 6.42 Å². The first-order valence-corrected chi connectivity index (χ1v) is 7.00. The summed E-state index contributed by atoms with van der Waals surface area (Å²) in [5.41, 5.74) is 2.35.